The lowest BCUT2D eigenvalue weighted by molar-refractivity contribution is 0.395. The molecule has 0 aliphatic rings. The Morgan fingerprint density at radius 2 is 1.95 bits per heavy atom. The average molecular weight is 326 g/mol. The van der Waals surface area contributed by atoms with Crippen LogP contribution in [-0.2, 0) is 0 Å². The summed E-state index contributed by atoms with van der Waals surface area (Å²) in [5.41, 5.74) is 2.23. The zero-order valence-electron chi connectivity index (χ0n) is 11.4. The summed E-state index contributed by atoms with van der Waals surface area (Å²) < 4.78 is 10.6. The van der Waals surface area contributed by atoms with E-state index in [0.29, 0.717) is 22.2 Å². The predicted molar refractivity (Wildman–Crippen MR) is 84.7 cm³/mol. The first-order chi connectivity index (χ1) is 9.71. The Kier molecular flexibility index (Phi) is 4.55. The summed E-state index contributed by atoms with van der Waals surface area (Å²) in [7, 11) is 3.22. The van der Waals surface area contributed by atoms with Gasteiger partial charge in [0.1, 0.15) is 17.3 Å². The van der Waals surface area contributed by atoms with Crippen LogP contribution in [0, 0.1) is 0 Å². The van der Waals surface area contributed by atoms with Crippen LogP contribution in [0.2, 0.25) is 5.02 Å². The molecule has 0 aliphatic carbocycles. The summed E-state index contributed by atoms with van der Waals surface area (Å²) in [6, 6.07) is 7.34. The highest BCUT2D eigenvalue weighted by atomic mass is 35.5. The first-order valence-electron chi connectivity index (χ1n) is 5.95. The molecule has 0 unspecified atom stereocenters. The number of fused-ring (bicyclic) bond motifs is 1. The predicted octanol–water partition coefficient (Wildman–Crippen LogP) is 3.72. The largest absolute Gasteiger partial charge is 0.497 e. The van der Waals surface area contributed by atoms with E-state index in [1.807, 2.05) is 18.2 Å². The van der Waals surface area contributed by atoms with Crippen molar-refractivity contribution in [2.24, 2.45) is 0 Å². The zero-order chi connectivity index (χ0) is 14.1. The number of ether oxygens (including phenoxy) is 2. The van der Waals surface area contributed by atoms with E-state index in [9.17, 15) is 0 Å². The van der Waals surface area contributed by atoms with Crippen molar-refractivity contribution in [1.82, 2.24) is 15.0 Å². The summed E-state index contributed by atoms with van der Waals surface area (Å²) in [4.78, 5) is 11.8. The molecule has 0 fully saturated rings. The summed E-state index contributed by atoms with van der Waals surface area (Å²) in [6.45, 7) is 0. The maximum Gasteiger partial charge on any atom is 0.178 e. The van der Waals surface area contributed by atoms with Crippen molar-refractivity contribution < 1.29 is 9.47 Å². The molecule has 1 aromatic carbocycles. The number of methoxy groups -OCH3 is 2. The van der Waals surface area contributed by atoms with Crippen LogP contribution >= 0.6 is 24.0 Å². The number of hydrogen-bond donors (Lipinski definition) is 1. The van der Waals surface area contributed by atoms with Gasteiger partial charge in [-0.15, -0.1) is 12.4 Å². The minimum Gasteiger partial charge on any atom is -0.497 e. The molecule has 2 heterocycles. The first-order valence-corrected chi connectivity index (χ1v) is 6.32. The summed E-state index contributed by atoms with van der Waals surface area (Å²) in [6.07, 6.45) is 1.57. The number of aromatic nitrogens is 3. The van der Waals surface area contributed by atoms with Gasteiger partial charge in [-0.1, -0.05) is 11.6 Å². The molecule has 3 rings (SSSR count). The van der Waals surface area contributed by atoms with Gasteiger partial charge in [0, 0.05) is 12.3 Å². The Labute approximate surface area is 132 Å². The average Bonchev–Trinajstić information content (AvgIpc) is 2.89. The first kappa shape index (κ1) is 15.4. The monoisotopic (exact) mass is 325 g/mol. The van der Waals surface area contributed by atoms with Gasteiger partial charge >= 0.3 is 0 Å². The van der Waals surface area contributed by atoms with Gasteiger partial charge in [0.15, 0.2) is 5.65 Å². The van der Waals surface area contributed by atoms with Crippen LogP contribution in [0.1, 0.15) is 0 Å². The lowest BCUT2D eigenvalue weighted by Gasteiger charge is -2.08. The lowest BCUT2D eigenvalue weighted by Crippen LogP contribution is -1.91. The standard InChI is InChI=1S/C14H12ClN3O2.ClH/c1-19-9-3-4-10(12(6-9)20-2)13-17-11-5-8(15)7-16-14(11)18-13;/h3-7H,1-2H3,(H,16,17,18);1H. The molecule has 5 nitrogen and oxygen atoms in total. The summed E-state index contributed by atoms with van der Waals surface area (Å²) in [5, 5.41) is 0.564. The van der Waals surface area contributed by atoms with E-state index in [-0.39, 0.29) is 12.4 Å². The molecule has 3 aromatic rings. The molecule has 0 radical (unpaired) electrons. The molecule has 0 spiro atoms. The fraction of sp³-hybridized carbons (Fsp3) is 0.143. The molecule has 7 heteroatoms. The van der Waals surface area contributed by atoms with Crippen molar-refractivity contribution in [2.75, 3.05) is 14.2 Å². The Bertz CT molecular complexity index is 774. The van der Waals surface area contributed by atoms with Gasteiger partial charge in [-0.2, -0.15) is 0 Å². The van der Waals surface area contributed by atoms with Crippen molar-refractivity contribution in [3.05, 3.63) is 35.5 Å². The number of rotatable bonds is 3. The Morgan fingerprint density at radius 1 is 1.14 bits per heavy atom. The minimum atomic E-state index is 0. The molecule has 0 atom stereocenters. The number of nitrogens with zero attached hydrogens (tertiary/aromatic N) is 2. The van der Waals surface area contributed by atoms with Crippen LogP contribution in [0.5, 0.6) is 11.5 Å². The number of H-pyrrole nitrogens is 1. The van der Waals surface area contributed by atoms with Gasteiger partial charge in [-0.25, -0.2) is 9.97 Å². The molecule has 21 heavy (non-hydrogen) atoms. The van der Waals surface area contributed by atoms with Gasteiger partial charge in [0.25, 0.3) is 0 Å². The van der Waals surface area contributed by atoms with E-state index in [0.717, 1.165) is 16.8 Å². The smallest absolute Gasteiger partial charge is 0.178 e. The Morgan fingerprint density at radius 3 is 2.67 bits per heavy atom. The van der Waals surface area contributed by atoms with E-state index in [1.54, 1.807) is 26.5 Å². The lowest BCUT2D eigenvalue weighted by atomic mass is 10.2. The van der Waals surface area contributed by atoms with Crippen LogP contribution in [0.4, 0.5) is 0 Å². The number of hydrogen-bond acceptors (Lipinski definition) is 4. The maximum absolute atomic E-state index is 5.92. The Balaban J connectivity index is 0.00000161. The fourth-order valence-electron chi connectivity index (χ4n) is 2.00. The van der Waals surface area contributed by atoms with Crippen molar-refractivity contribution in [2.45, 2.75) is 0 Å². The highest BCUT2D eigenvalue weighted by Gasteiger charge is 2.12. The van der Waals surface area contributed by atoms with E-state index >= 15 is 0 Å². The highest BCUT2D eigenvalue weighted by Crippen LogP contribution is 2.32. The number of imidazole rings is 1. The number of halogens is 2. The van der Waals surface area contributed by atoms with E-state index < -0.39 is 0 Å². The number of pyridine rings is 1. The molecular weight excluding hydrogens is 313 g/mol. The molecule has 0 bridgehead atoms. The van der Waals surface area contributed by atoms with Gasteiger partial charge in [-0.3, -0.25) is 0 Å². The second-order valence-electron chi connectivity index (χ2n) is 4.18. The highest BCUT2D eigenvalue weighted by molar-refractivity contribution is 6.31. The number of benzene rings is 1. The molecule has 2 aromatic heterocycles. The molecule has 0 aliphatic heterocycles. The SMILES string of the molecule is COc1ccc(-c2nc3ncc(Cl)cc3[nH]2)c(OC)c1.Cl. The van der Waals surface area contributed by atoms with Gasteiger partial charge < -0.3 is 14.5 Å². The number of nitrogens with one attached hydrogen (secondary N) is 1. The van der Waals surface area contributed by atoms with Gasteiger partial charge in [0.05, 0.1) is 30.3 Å². The third-order valence-electron chi connectivity index (χ3n) is 2.97. The Hall–Kier alpha value is -1.98. The fourth-order valence-corrected chi connectivity index (χ4v) is 2.15. The van der Waals surface area contributed by atoms with Crippen LogP contribution in [0.3, 0.4) is 0 Å². The van der Waals surface area contributed by atoms with Crippen molar-refractivity contribution in [3.63, 3.8) is 0 Å². The van der Waals surface area contributed by atoms with Crippen LogP contribution < -0.4 is 9.47 Å². The van der Waals surface area contributed by atoms with E-state index in [2.05, 4.69) is 15.0 Å². The molecular formula is C14H13Cl2N3O2. The zero-order valence-corrected chi connectivity index (χ0v) is 13.0. The van der Waals surface area contributed by atoms with E-state index in [4.69, 9.17) is 21.1 Å². The minimum absolute atomic E-state index is 0. The normalized spacial score (nSPS) is 10.2. The van der Waals surface area contributed by atoms with Crippen molar-refractivity contribution >= 4 is 35.2 Å². The second-order valence-corrected chi connectivity index (χ2v) is 4.61. The van der Waals surface area contributed by atoms with Crippen molar-refractivity contribution in [1.29, 1.82) is 0 Å². The number of aromatic amines is 1. The molecule has 0 saturated heterocycles. The third kappa shape index (κ3) is 2.89. The third-order valence-corrected chi connectivity index (χ3v) is 3.17. The van der Waals surface area contributed by atoms with Crippen LogP contribution in [0.15, 0.2) is 30.5 Å². The molecule has 110 valence electrons. The topological polar surface area (TPSA) is 60.0 Å². The van der Waals surface area contributed by atoms with Gasteiger partial charge in [0.2, 0.25) is 0 Å². The van der Waals surface area contributed by atoms with Crippen LogP contribution in [0.25, 0.3) is 22.6 Å². The van der Waals surface area contributed by atoms with Crippen molar-refractivity contribution in [3.8, 4) is 22.9 Å². The molecule has 0 saturated carbocycles. The summed E-state index contributed by atoms with van der Waals surface area (Å²) in [5.74, 6) is 2.08. The maximum atomic E-state index is 5.92. The summed E-state index contributed by atoms with van der Waals surface area (Å²) >= 11 is 5.92. The second kappa shape index (κ2) is 6.20. The van der Waals surface area contributed by atoms with Crippen LogP contribution in [-0.4, -0.2) is 29.2 Å². The molecule has 0 amide bonds. The quantitative estimate of drug-likeness (QED) is 0.797. The van der Waals surface area contributed by atoms with Gasteiger partial charge in [-0.05, 0) is 18.2 Å². The molecule has 1 N–H and O–H groups in total. The van der Waals surface area contributed by atoms with E-state index in [1.165, 1.54) is 0 Å².